The highest BCUT2D eigenvalue weighted by molar-refractivity contribution is 7.17. The van der Waals surface area contributed by atoms with Gasteiger partial charge in [-0.25, -0.2) is 4.98 Å². The number of rotatable bonds is 7. The van der Waals surface area contributed by atoms with Crippen LogP contribution in [0.25, 0.3) is 10.6 Å². The Morgan fingerprint density at radius 3 is 2.69 bits per heavy atom. The predicted molar refractivity (Wildman–Crippen MR) is 104 cm³/mol. The summed E-state index contributed by atoms with van der Waals surface area (Å²) < 4.78 is 0. The Hall–Kier alpha value is -2.23. The molecule has 0 saturated carbocycles. The number of nitrogens with zero attached hydrogens (tertiary/aromatic N) is 3. The van der Waals surface area contributed by atoms with Crippen molar-refractivity contribution in [2.75, 3.05) is 26.2 Å². The number of nitriles is 1. The van der Waals surface area contributed by atoms with E-state index in [1.807, 2.05) is 19.1 Å². The Morgan fingerprint density at radius 1 is 1.27 bits per heavy atom. The number of aromatic nitrogens is 1. The van der Waals surface area contributed by atoms with Crippen LogP contribution in [-0.2, 0) is 0 Å². The Labute approximate surface area is 158 Å². The van der Waals surface area contributed by atoms with Crippen molar-refractivity contribution >= 4 is 17.2 Å². The molecule has 0 atom stereocenters. The van der Waals surface area contributed by atoms with Crippen molar-refractivity contribution in [1.29, 1.82) is 5.26 Å². The van der Waals surface area contributed by atoms with Crippen molar-refractivity contribution in [2.45, 2.75) is 32.6 Å². The number of amides is 1. The maximum absolute atomic E-state index is 12.4. The van der Waals surface area contributed by atoms with Crippen molar-refractivity contribution in [2.24, 2.45) is 0 Å². The number of aryl methyl sites for hydroxylation is 1. The Bertz CT molecular complexity index is 785. The third-order valence-electron chi connectivity index (χ3n) is 4.65. The van der Waals surface area contributed by atoms with Gasteiger partial charge in [-0.3, -0.25) is 4.79 Å². The lowest BCUT2D eigenvalue weighted by atomic mass is 10.1. The fourth-order valence-electron chi connectivity index (χ4n) is 3.17. The van der Waals surface area contributed by atoms with Crippen molar-refractivity contribution in [1.82, 2.24) is 15.2 Å². The molecule has 5 nitrogen and oxygen atoms in total. The van der Waals surface area contributed by atoms with Crippen molar-refractivity contribution in [3.63, 3.8) is 0 Å². The van der Waals surface area contributed by atoms with Crippen LogP contribution in [-0.4, -0.2) is 42.0 Å². The van der Waals surface area contributed by atoms with Gasteiger partial charge in [-0.15, -0.1) is 11.3 Å². The van der Waals surface area contributed by atoms with Crippen molar-refractivity contribution in [3.05, 3.63) is 40.4 Å². The first-order valence-electron chi connectivity index (χ1n) is 9.16. The first-order valence-corrected chi connectivity index (χ1v) is 9.97. The van der Waals surface area contributed by atoms with E-state index in [1.165, 1.54) is 37.3 Å². The molecule has 3 rings (SSSR count). The molecule has 0 unspecified atom stereocenters. The van der Waals surface area contributed by atoms with Crippen molar-refractivity contribution < 1.29 is 4.79 Å². The van der Waals surface area contributed by atoms with E-state index in [0.29, 0.717) is 17.0 Å². The topological polar surface area (TPSA) is 69.0 Å². The highest BCUT2D eigenvalue weighted by Crippen LogP contribution is 2.28. The lowest BCUT2D eigenvalue weighted by molar-refractivity contribution is 0.0956. The maximum Gasteiger partial charge on any atom is 0.263 e. The van der Waals surface area contributed by atoms with Crippen LogP contribution in [0.4, 0.5) is 0 Å². The average Bonchev–Trinajstić information content (AvgIpc) is 3.31. The van der Waals surface area contributed by atoms with Crippen LogP contribution in [0.5, 0.6) is 0 Å². The number of nitrogens with one attached hydrogen (secondary N) is 1. The number of carbonyl (C=O) groups excluding carboxylic acids is 1. The minimum atomic E-state index is -0.0407. The van der Waals surface area contributed by atoms with E-state index in [9.17, 15) is 4.79 Å². The van der Waals surface area contributed by atoms with Gasteiger partial charge in [-0.05, 0) is 64.4 Å². The number of thiazole rings is 1. The first-order chi connectivity index (χ1) is 12.7. The molecule has 1 aliphatic heterocycles. The fraction of sp³-hybridized carbons (Fsp3) is 0.450. The molecule has 2 heterocycles. The molecule has 2 aromatic rings. The normalized spacial score (nSPS) is 14.3. The Kier molecular flexibility index (Phi) is 6.37. The summed E-state index contributed by atoms with van der Waals surface area (Å²) in [5.74, 6) is -0.0407. The van der Waals surface area contributed by atoms with Gasteiger partial charge in [0.05, 0.1) is 17.3 Å². The summed E-state index contributed by atoms with van der Waals surface area (Å²) in [4.78, 5) is 20.1. The monoisotopic (exact) mass is 368 g/mol. The maximum atomic E-state index is 12.4. The zero-order valence-electron chi connectivity index (χ0n) is 15.1. The third-order valence-corrected chi connectivity index (χ3v) is 5.85. The summed E-state index contributed by atoms with van der Waals surface area (Å²) in [5, 5.41) is 12.7. The quantitative estimate of drug-likeness (QED) is 0.758. The number of benzene rings is 1. The van der Waals surface area contributed by atoms with E-state index in [-0.39, 0.29) is 5.91 Å². The van der Waals surface area contributed by atoms with Crippen LogP contribution in [0.15, 0.2) is 24.3 Å². The van der Waals surface area contributed by atoms with Crippen LogP contribution in [0.1, 0.15) is 46.6 Å². The predicted octanol–water partition coefficient (Wildman–Crippen LogP) is 3.60. The van der Waals surface area contributed by atoms with Gasteiger partial charge < -0.3 is 10.2 Å². The van der Waals surface area contributed by atoms with Gasteiger partial charge in [0.1, 0.15) is 9.88 Å². The molecule has 6 heteroatoms. The van der Waals surface area contributed by atoms with E-state index >= 15 is 0 Å². The molecule has 0 aliphatic carbocycles. The number of likely N-dealkylation sites (tertiary alicyclic amines) is 1. The van der Waals surface area contributed by atoms with Gasteiger partial charge in [0, 0.05) is 12.1 Å². The molecule has 1 aromatic heterocycles. The third kappa shape index (κ3) is 4.69. The molecule has 0 bridgehead atoms. The van der Waals surface area contributed by atoms with Crippen LogP contribution in [0, 0.1) is 18.3 Å². The standard InChI is InChI=1S/C20H24N4OS/c1-15-18(19(25)22-10-2-3-11-24-12-4-5-13-24)26-20(23-15)17-8-6-16(14-21)7-9-17/h6-9H,2-5,10-13H2,1H3,(H,22,25). The van der Waals surface area contributed by atoms with Crippen molar-refractivity contribution in [3.8, 4) is 16.6 Å². The molecule has 1 amide bonds. The molecule has 0 radical (unpaired) electrons. The molecule has 136 valence electrons. The number of unbranched alkanes of at least 4 members (excludes halogenated alkanes) is 1. The van der Waals surface area contributed by atoms with Gasteiger partial charge in [0.25, 0.3) is 5.91 Å². The largest absolute Gasteiger partial charge is 0.351 e. The van der Waals surface area contributed by atoms with Crippen LogP contribution >= 0.6 is 11.3 Å². The number of carbonyl (C=O) groups is 1. The summed E-state index contributed by atoms with van der Waals surface area (Å²) in [6.45, 7) is 6.16. The van der Waals surface area contributed by atoms with Gasteiger partial charge in [0.15, 0.2) is 0 Å². The highest BCUT2D eigenvalue weighted by atomic mass is 32.1. The summed E-state index contributed by atoms with van der Waals surface area (Å²) >= 11 is 1.40. The van der Waals surface area contributed by atoms with Gasteiger partial charge in [0.2, 0.25) is 0 Å². The molecule has 0 spiro atoms. The minimum absolute atomic E-state index is 0.0407. The Balaban J connectivity index is 1.51. The second-order valence-electron chi connectivity index (χ2n) is 6.63. The van der Waals surface area contributed by atoms with Crippen LogP contribution in [0.3, 0.4) is 0 Å². The summed E-state index contributed by atoms with van der Waals surface area (Å²) in [6, 6.07) is 9.39. The molecule has 1 saturated heterocycles. The van der Waals surface area contributed by atoms with E-state index in [2.05, 4.69) is 21.3 Å². The van der Waals surface area contributed by atoms with Gasteiger partial charge in [-0.2, -0.15) is 5.26 Å². The lowest BCUT2D eigenvalue weighted by Gasteiger charge is -2.13. The SMILES string of the molecule is Cc1nc(-c2ccc(C#N)cc2)sc1C(=O)NCCCCN1CCCC1. The minimum Gasteiger partial charge on any atom is -0.351 e. The smallest absolute Gasteiger partial charge is 0.263 e. The zero-order chi connectivity index (χ0) is 18.4. The summed E-state index contributed by atoms with van der Waals surface area (Å²) in [5.41, 5.74) is 2.31. The van der Waals surface area contributed by atoms with E-state index in [1.54, 1.807) is 12.1 Å². The summed E-state index contributed by atoms with van der Waals surface area (Å²) in [7, 11) is 0. The second kappa shape index (κ2) is 8.93. The molecule has 1 N–H and O–H groups in total. The van der Waals surface area contributed by atoms with Crippen LogP contribution in [0.2, 0.25) is 0 Å². The molecule has 1 aromatic carbocycles. The lowest BCUT2D eigenvalue weighted by Crippen LogP contribution is -2.26. The van der Waals surface area contributed by atoms with E-state index in [4.69, 9.17) is 5.26 Å². The molecule has 1 fully saturated rings. The molecular weight excluding hydrogens is 344 g/mol. The highest BCUT2D eigenvalue weighted by Gasteiger charge is 2.16. The molecule has 26 heavy (non-hydrogen) atoms. The van der Waals surface area contributed by atoms with E-state index in [0.717, 1.165) is 35.7 Å². The number of hydrogen-bond acceptors (Lipinski definition) is 5. The molecule has 1 aliphatic rings. The zero-order valence-corrected chi connectivity index (χ0v) is 15.9. The summed E-state index contributed by atoms with van der Waals surface area (Å²) in [6.07, 6.45) is 4.77. The van der Waals surface area contributed by atoms with Crippen LogP contribution < -0.4 is 5.32 Å². The van der Waals surface area contributed by atoms with E-state index < -0.39 is 0 Å². The van der Waals surface area contributed by atoms with Gasteiger partial charge >= 0.3 is 0 Å². The second-order valence-corrected chi connectivity index (χ2v) is 7.63. The average molecular weight is 369 g/mol. The first kappa shape index (κ1) is 18.6. The Morgan fingerprint density at radius 2 is 2.00 bits per heavy atom. The number of hydrogen-bond donors (Lipinski definition) is 1. The fourth-order valence-corrected chi connectivity index (χ4v) is 4.15. The molecular formula is C20H24N4OS. The van der Waals surface area contributed by atoms with Gasteiger partial charge in [-0.1, -0.05) is 12.1 Å².